The van der Waals surface area contributed by atoms with Crippen LogP contribution in [0.25, 0.3) is 10.2 Å². The molecule has 0 spiro atoms. The number of carbonyl (C=O) groups excluding carboxylic acids is 1. The van der Waals surface area contributed by atoms with Crippen molar-refractivity contribution in [2.45, 2.75) is 17.2 Å². The Morgan fingerprint density at radius 2 is 2.36 bits per heavy atom. The van der Waals surface area contributed by atoms with Crippen LogP contribution in [-0.4, -0.2) is 22.4 Å². The molecule has 22 heavy (non-hydrogen) atoms. The van der Waals surface area contributed by atoms with Crippen LogP contribution in [0.3, 0.4) is 0 Å². The maximum absolute atomic E-state index is 11.9. The molecule has 4 rings (SSSR count). The lowest BCUT2D eigenvalue weighted by molar-refractivity contribution is -0.118. The number of benzene rings is 1. The van der Waals surface area contributed by atoms with E-state index in [1.165, 1.54) is 11.8 Å². The van der Waals surface area contributed by atoms with Crippen molar-refractivity contribution in [1.29, 1.82) is 0 Å². The molecule has 0 radical (unpaired) electrons. The fourth-order valence-electron chi connectivity index (χ4n) is 2.87. The molecule has 1 aromatic carbocycles. The number of hydrogen-bond acceptors (Lipinski definition) is 5. The van der Waals surface area contributed by atoms with Crippen molar-refractivity contribution >= 4 is 44.9 Å². The summed E-state index contributed by atoms with van der Waals surface area (Å²) in [4.78, 5) is 16.4. The van der Waals surface area contributed by atoms with Crippen LogP contribution >= 0.6 is 23.1 Å². The molecule has 2 atom stereocenters. The van der Waals surface area contributed by atoms with Gasteiger partial charge >= 0.3 is 0 Å². The van der Waals surface area contributed by atoms with Crippen molar-refractivity contribution in [2.24, 2.45) is 16.9 Å². The Morgan fingerprint density at radius 1 is 1.45 bits per heavy atom. The number of hydrazone groups is 1. The molecular weight excluding hydrogens is 314 g/mol. The smallest absolute Gasteiger partial charge is 0.250 e. The van der Waals surface area contributed by atoms with E-state index in [-0.39, 0.29) is 5.91 Å². The molecule has 6 heteroatoms. The van der Waals surface area contributed by atoms with E-state index in [1.807, 2.05) is 24.3 Å². The molecule has 4 nitrogen and oxygen atoms in total. The van der Waals surface area contributed by atoms with E-state index in [0.29, 0.717) is 17.6 Å². The van der Waals surface area contributed by atoms with E-state index < -0.39 is 0 Å². The van der Waals surface area contributed by atoms with Crippen LogP contribution in [0, 0.1) is 11.8 Å². The zero-order chi connectivity index (χ0) is 14.9. The van der Waals surface area contributed by atoms with Gasteiger partial charge in [0, 0.05) is 11.6 Å². The van der Waals surface area contributed by atoms with Crippen molar-refractivity contribution in [3.05, 3.63) is 36.4 Å². The first-order valence-electron chi connectivity index (χ1n) is 7.30. The number of fused-ring (bicyclic) bond motifs is 2. The molecule has 1 amide bonds. The van der Waals surface area contributed by atoms with Gasteiger partial charge in [-0.15, -0.1) is 11.3 Å². The second-order valence-electron chi connectivity index (χ2n) is 5.51. The predicted octanol–water partition coefficient (Wildman–Crippen LogP) is 3.46. The maximum Gasteiger partial charge on any atom is 0.250 e. The van der Waals surface area contributed by atoms with Gasteiger partial charge in [0.1, 0.15) is 0 Å². The summed E-state index contributed by atoms with van der Waals surface area (Å²) < 4.78 is 2.08. The van der Waals surface area contributed by atoms with Crippen molar-refractivity contribution in [3.63, 3.8) is 0 Å². The molecule has 1 fully saturated rings. The minimum atomic E-state index is -0.0637. The second kappa shape index (κ2) is 5.85. The van der Waals surface area contributed by atoms with Crippen molar-refractivity contribution < 1.29 is 4.79 Å². The molecule has 2 aliphatic carbocycles. The van der Waals surface area contributed by atoms with Gasteiger partial charge in [0.05, 0.1) is 16.0 Å². The van der Waals surface area contributed by atoms with Crippen LogP contribution in [0.15, 0.2) is 45.9 Å². The third-order valence-electron chi connectivity index (χ3n) is 4.09. The first-order valence-corrected chi connectivity index (χ1v) is 9.10. The summed E-state index contributed by atoms with van der Waals surface area (Å²) >= 11 is 3.08. The first kappa shape index (κ1) is 14.0. The summed E-state index contributed by atoms with van der Waals surface area (Å²) in [6.07, 6.45) is 6.53. The van der Waals surface area contributed by atoms with Gasteiger partial charge in [0.15, 0.2) is 4.34 Å². The Morgan fingerprint density at radius 3 is 3.23 bits per heavy atom. The van der Waals surface area contributed by atoms with Crippen LogP contribution in [0.1, 0.15) is 12.8 Å². The highest BCUT2D eigenvalue weighted by Gasteiger charge is 2.37. The Balaban J connectivity index is 1.30. The van der Waals surface area contributed by atoms with E-state index in [0.717, 1.165) is 33.1 Å². The highest BCUT2D eigenvalue weighted by molar-refractivity contribution is 8.01. The summed E-state index contributed by atoms with van der Waals surface area (Å²) in [5, 5.41) is 4.27. The number of rotatable bonds is 4. The molecule has 0 saturated heterocycles. The van der Waals surface area contributed by atoms with Crippen LogP contribution in [0.5, 0.6) is 0 Å². The lowest BCUT2D eigenvalue weighted by atomic mass is 9.74. The van der Waals surface area contributed by atoms with Crippen LogP contribution < -0.4 is 5.43 Å². The number of aromatic nitrogens is 1. The van der Waals surface area contributed by atoms with Gasteiger partial charge in [-0.05, 0) is 30.9 Å². The van der Waals surface area contributed by atoms with Gasteiger partial charge in [-0.3, -0.25) is 4.79 Å². The van der Waals surface area contributed by atoms with E-state index in [4.69, 9.17) is 0 Å². The minimum absolute atomic E-state index is 0.0637. The molecule has 0 bridgehead atoms. The fourth-order valence-corrected chi connectivity index (χ4v) is 4.73. The summed E-state index contributed by atoms with van der Waals surface area (Å²) in [6, 6.07) is 8.01. The second-order valence-corrected chi connectivity index (χ2v) is 7.77. The largest absolute Gasteiger partial charge is 0.272 e. The first-order chi connectivity index (χ1) is 10.8. The predicted molar refractivity (Wildman–Crippen MR) is 91.3 cm³/mol. The number of amides is 1. The number of allylic oxidation sites excluding steroid dienone is 2. The van der Waals surface area contributed by atoms with E-state index >= 15 is 0 Å². The average molecular weight is 329 g/mol. The minimum Gasteiger partial charge on any atom is -0.272 e. The Kier molecular flexibility index (Phi) is 3.72. The molecular formula is C16H15N3OS2. The number of thiazole rings is 1. The molecule has 112 valence electrons. The summed E-state index contributed by atoms with van der Waals surface area (Å²) in [7, 11) is 0. The highest BCUT2D eigenvalue weighted by atomic mass is 32.2. The number of thioether (sulfide) groups is 1. The van der Waals surface area contributed by atoms with Crippen LogP contribution in [-0.2, 0) is 4.79 Å². The quantitative estimate of drug-likeness (QED) is 0.531. The number of nitrogens with zero attached hydrogens (tertiary/aromatic N) is 2. The standard InChI is InChI=1S/C16H15N3OS2/c20-15(19-18-13-8-10-4-3-5-11(10)13)9-21-16-17-12-6-1-2-7-14(12)22-16/h1-4,6-7,10-11H,5,8-9H2,(H,19,20)/b18-13+/t10-,11-/m0/s1. The zero-order valence-electron chi connectivity index (χ0n) is 11.9. The van der Waals surface area contributed by atoms with Gasteiger partial charge in [-0.25, -0.2) is 10.4 Å². The SMILES string of the molecule is O=C(CSc1nc2ccccc2s1)N/N=C1\C[C@@H]2C=CC[C@H]12. The van der Waals surface area contributed by atoms with Gasteiger partial charge in [0.2, 0.25) is 0 Å². The van der Waals surface area contributed by atoms with Crippen LogP contribution in [0.4, 0.5) is 0 Å². The molecule has 2 aromatic rings. The molecule has 0 unspecified atom stereocenters. The highest BCUT2D eigenvalue weighted by Crippen LogP contribution is 2.40. The van der Waals surface area contributed by atoms with Crippen molar-refractivity contribution in [1.82, 2.24) is 10.4 Å². The lowest BCUT2D eigenvalue weighted by Crippen LogP contribution is -2.35. The van der Waals surface area contributed by atoms with Crippen molar-refractivity contribution in [3.8, 4) is 0 Å². The molecule has 0 aliphatic heterocycles. The average Bonchev–Trinajstić information content (AvgIpc) is 3.09. The Labute approximate surface area is 136 Å². The number of para-hydroxylation sites is 1. The van der Waals surface area contributed by atoms with Gasteiger partial charge in [-0.2, -0.15) is 5.10 Å². The Hall–Kier alpha value is -1.66. The van der Waals surface area contributed by atoms with E-state index in [9.17, 15) is 4.79 Å². The topological polar surface area (TPSA) is 54.4 Å². The third-order valence-corrected chi connectivity index (χ3v) is 6.27. The zero-order valence-corrected chi connectivity index (χ0v) is 13.5. The van der Waals surface area contributed by atoms with Crippen LogP contribution in [0.2, 0.25) is 0 Å². The van der Waals surface area contributed by atoms with Gasteiger partial charge in [0.25, 0.3) is 5.91 Å². The van der Waals surface area contributed by atoms with E-state index in [2.05, 4.69) is 27.7 Å². The number of nitrogens with one attached hydrogen (secondary N) is 1. The summed E-state index contributed by atoms with van der Waals surface area (Å²) in [5.74, 6) is 1.49. The summed E-state index contributed by atoms with van der Waals surface area (Å²) in [5.41, 5.74) is 4.80. The Bertz CT molecular complexity index is 748. The molecule has 1 heterocycles. The summed E-state index contributed by atoms with van der Waals surface area (Å²) in [6.45, 7) is 0. The normalized spacial score (nSPS) is 24.5. The molecule has 1 aromatic heterocycles. The lowest BCUT2D eigenvalue weighted by Gasteiger charge is -2.31. The fraction of sp³-hybridized carbons (Fsp3) is 0.312. The molecule has 2 aliphatic rings. The van der Waals surface area contributed by atoms with E-state index in [1.54, 1.807) is 11.3 Å². The number of hydrogen-bond donors (Lipinski definition) is 1. The third kappa shape index (κ3) is 2.68. The molecule has 1 saturated carbocycles. The maximum atomic E-state index is 11.9. The molecule has 1 N–H and O–H groups in total. The monoisotopic (exact) mass is 329 g/mol. The van der Waals surface area contributed by atoms with Crippen molar-refractivity contribution in [2.75, 3.05) is 5.75 Å². The number of carbonyl (C=O) groups is 1. The van der Waals surface area contributed by atoms with Gasteiger partial charge in [-0.1, -0.05) is 36.0 Å². The van der Waals surface area contributed by atoms with Gasteiger partial charge < -0.3 is 0 Å².